The number of hydrogen-bond donors (Lipinski definition) is 4. The third kappa shape index (κ3) is 13.9. The Kier molecular flexibility index (Phi) is 16.0. The first-order valence-electron chi connectivity index (χ1n) is 16.2. The van der Waals surface area contributed by atoms with Crippen molar-refractivity contribution in [1.82, 2.24) is 26.2 Å². The van der Waals surface area contributed by atoms with Gasteiger partial charge in [-0.2, -0.15) is 17.6 Å². The van der Waals surface area contributed by atoms with E-state index in [1.54, 1.807) is 42.2 Å². The van der Waals surface area contributed by atoms with Crippen LogP contribution in [0.1, 0.15) is 32.8 Å². The van der Waals surface area contributed by atoms with Gasteiger partial charge in [-0.15, -0.1) is 0 Å². The minimum Gasteiger partial charge on any atom is -0.379 e. The molecule has 2 saturated heterocycles. The summed E-state index contributed by atoms with van der Waals surface area (Å²) >= 11 is 0. The zero-order valence-electron chi connectivity index (χ0n) is 28.1. The summed E-state index contributed by atoms with van der Waals surface area (Å²) in [6.45, 7) is -1.99. The van der Waals surface area contributed by atoms with E-state index in [1.807, 2.05) is 13.8 Å². The zero-order valence-corrected chi connectivity index (χ0v) is 28.1. The number of nitrogens with one attached hydrogen (secondary N) is 4. The maximum atomic E-state index is 13.7. The quantitative estimate of drug-likeness (QED) is 0.103. The molecule has 0 aromatic heterocycles. The van der Waals surface area contributed by atoms with Crippen molar-refractivity contribution in [2.45, 2.75) is 76.6 Å². The van der Waals surface area contributed by atoms with Gasteiger partial charge in [0.1, 0.15) is 23.7 Å². The maximum Gasteiger partial charge on any atom is 0.345 e. The Bertz CT molecular complexity index is 1280. The van der Waals surface area contributed by atoms with E-state index in [4.69, 9.17) is 9.47 Å². The van der Waals surface area contributed by atoms with Crippen LogP contribution < -0.4 is 21.3 Å². The summed E-state index contributed by atoms with van der Waals surface area (Å²) in [5, 5.41) is 9.53. The van der Waals surface area contributed by atoms with Crippen molar-refractivity contribution in [3.05, 3.63) is 35.9 Å². The number of ketones is 1. The molecule has 280 valence electrons. The Balaban J connectivity index is 1.80. The highest BCUT2D eigenvalue weighted by atomic mass is 19.3. The van der Waals surface area contributed by atoms with Gasteiger partial charge in [0.15, 0.2) is 5.78 Å². The second kappa shape index (κ2) is 19.6. The summed E-state index contributed by atoms with van der Waals surface area (Å²) in [7, 11) is 0. The van der Waals surface area contributed by atoms with Crippen molar-refractivity contribution < 1.29 is 60.5 Å². The second-order valence-electron chi connectivity index (χ2n) is 12.6. The molecular weight excluding hydrogens is 674 g/mol. The van der Waals surface area contributed by atoms with Crippen molar-refractivity contribution in [1.29, 1.82) is 0 Å². The molecule has 0 unspecified atom stereocenters. The number of ether oxygens (including phenoxy) is 4. The molecule has 1 aromatic rings. The molecule has 18 heteroatoms. The third-order valence-corrected chi connectivity index (χ3v) is 7.89. The predicted octanol–water partition coefficient (Wildman–Crippen LogP) is 0.383. The number of hydrogen-bond acceptors (Lipinski definition) is 10. The van der Waals surface area contributed by atoms with Gasteiger partial charge in [0.05, 0.1) is 45.6 Å². The molecule has 2 fully saturated rings. The van der Waals surface area contributed by atoms with Gasteiger partial charge in [0.2, 0.25) is 23.6 Å². The summed E-state index contributed by atoms with van der Waals surface area (Å²) in [4.78, 5) is 68.0. The molecule has 2 aliphatic rings. The molecule has 50 heavy (non-hydrogen) atoms. The number of benzene rings is 1. The van der Waals surface area contributed by atoms with Crippen LogP contribution in [0.5, 0.6) is 0 Å². The van der Waals surface area contributed by atoms with Gasteiger partial charge >= 0.3 is 13.2 Å². The van der Waals surface area contributed by atoms with Crippen molar-refractivity contribution in [3.63, 3.8) is 0 Å². The minimum absolute atomic E-state index is 0.0174. The van der Waals surface area contributed by atoms with E-state index in [2.05, 4.69) is 30.7 Å². The Morgan fingerprint density at radius 3 is 1.82 bits per heavy atom. The normalized spacial score (nSPS) is 20.1. The van der Waals surface area contributed by atoms with E-state index >= 15 is 0 Å². The van der Waals surface area contributed by atoms with Crippen molar-refractivity contribution in [2.75, 3.05) is 52.7 Å². The highest BCUT2D eigenvalue weighted by Gasteiger charge is 2.50. The topological polar surface area (TPSA) is 177 Å². The number of Topliss-reactive ketones (excluding diaryl/α,β-unsaturated/α-hetero) is 1. The monoisotopic (exact) mass is 719 g/mol. The first kappa shape index (κ1) is 40.7. The van der Waals surface area contributed by atoms with Gasteiger partial charge in [0, 0.05) is 19.5 Å². The van der Waals surface area contributed by atoms with Gasteiger partial charge < -0.3 is 40.2 Å². The number of nitrogens with zero attached hydrogens (tertiary/aromatic N) is 1. The molecule has 0 spiro atoms. The smallest absolute Gasteiger partial charge is 0.345 e. The molecule has 3 rings (SSSR count). The van der Waals surface area contributed by atoms with E-state index in [0.717, 1.165) is 0 Å². The van der Waals surface area contributed by atoms with Crippen LogP contribution in [0.25, 0.3) is 0 Å². The number of morpholine rings is 1. The molecular formula is C32H45F4N5O9. The molecule has 2 heterocycles. The number of alkyl halides is 4. The van der Waals surface area contributed by atoms with Gasteiger partial charge in [0.25, 0.3) is 0 Å². The van der Waals surface area contributed by atoms with Gasteiger partial charge in [-0.05, 0) is 24.8 Å². The maximum absolute atomic E-state index is 13.7. The molecule has 2 aliphatic heterocycles. The van der Waals surface area contributed by atoms with Crippen LogP contribution in [0.2, 0.25) is 0 Å². The number of rotatable bonds is 21. The Labute approximate surface area is 287 Å². The van der Waals surface area contributed by atoms with E-state index in [9.17, 15) is 41.5 Å². The first-order chi connectivity index (χ1) is 23.7. The lowest BCUT2D eigenvalue weighted by atomic mass is 9.93. The molecule has 1 aromatic carbocycles. The molecule has 0 aliphatic carbocycles. The first-order valence-corrected chi connectivity index (χ1v) is 16.2. The van der Waals surface area contributed by atoms with Crippen LogP contribution in [0, 0.1) is 5.92 Å². The average Bonchev–Trinajstić information content (AvgIpc) is 3.82. The molecule has 4 N–H and O–H groups in total. The zero-order chi connectivity index (χ0) is 36.8. The molecule has 14 nitrogen and oxygen atoms in total. The third-order valence-electron chi connectivity index (χ3n) is 7.89. The van der Waals surface area contributed by atoms with E-state index in [0.29, 0.717) is 31.9 Å². The van der Waals surface area contributed by atoms with Crippen LogP contribution in [-0.4, -0.2) is 130 Å². The summed E-state index contributed by atoms with van der Waals surface area (Å²) in [6, 6.07) is 2.46. The fraction of sp³-hybridized carbons (Fsp3) is 0.656. The summed E-state index contributed by atoms with van der Waals surface area (Å²) in [5.74, 6) is -4.24. The van der Waals surface area contributed by atoms with E-state index in [-0.39, 0.29) is 37.7 Å². The van der Waals surface area contributed by atoms with Gasteiger partial charge in [-0.25, -0.2) is 0 Å². The molecule has 0 saturated carbocycles. The minimum atomic E-state index is -3.37. The lowest BCUT2D eigenvalue weighted by molar-refractivity contribution is -0.153. The fourth-order valence-electron chi connectivity index (χ4n) is 5.10. The highest BCUT2D eigenvalue weighted by Crippen LogP contribution is 2.29. The number of carbonyl (C=O) groups excluding carboxylic acids is 5. The number of epoxide rings is 1. The standard InChI is InChI=1S/C32H45F4N5O9/c1-19(2)13-21(26(43)32(3)18-50-32)38-27(44)22(14-20-7-5-4-6-8-20)39-29(46)24(17-49-31(35)36)40-28(45)23(16-48-30(33)34)37-25(42)15-41-9-11-47-12-10-41/h4-8,19,21-24,30-31H,9-18H2,1-3H3,(H,37,42)(H,38,44)(H,39,46)(H,40,45)/t21-,22-,23-,24-,32+/m0/s1. The van der Waals surface area contributed by atoms with Crippen LogP contribution in [0.15, 0.2) is 30.3 Å². The van der Waals surface area contributed by atoms with Crippen LogP contribution in [0.3, 0.4) is 0 Å². The van der Waals surface area contributed by atoms with Crippen molar-refractivity contribution in [3.8, 4) is 0 Å². The van der Waals surface area contributed by atoms with Gasteiger partial charge in [-0.1, -0.05) is 44.2 Å². The summed E-state index contributed by atoms with van der Waals surface area (Å²) in [6.07, 6.45) is 0.156. The predicted molar refractivity (Wildman–Crippen MR) is 168 cm³/mol. The van der Waals surface area contributed by atoms with Crippen molar-refractivity contribution in [2.24, 2.45) is 5.92 Å². The SMILES string of the molecule is CC(C)C[C@H](NC(=O)[C@H](Cc1ccccc1)NC(=O)[C@H](COC(F)F)NC(=O)[C@H](COC(F)F)NC(=O)CN1CCOCC1)C(=O)[C@@]1(C)CO1. The fourth-order valence-corrected chi connectivity index (χ4v) is 5.10. The van der Waals surface area contributed by atoms with Crippen LogP contribution >= 0.6 is 0 Å². The van der Waals surface area contributed by atoms with Crippen LogP contribution in [-0.2, 0) is 49.3 Å². The summed E-state index contributed by atoms with van der Waals surface area (Å²) in [5.41, 5.74) is -0.469. The largest absolute Gasteiger partial charge is 0.379 e. The number of carbonyl (C=O) groups is 5. The van der Waals surface area contributed by atoms with E-state index < -0.39 is 79.8 Å². The average molecular weight is 720 g/mol. The van der Waals surface area contributed by atoms with Gasteiger partial charge in [-0.3, -0.25) is 28.9 Å². The number of amides is 4. The lowest BCUT2D eigenvalue weighted by Crippen LogP contribution is -2.60. The Morgan fingerprint density at radius 1 is 0.800 bits per heavy atom. The molecule has 0 radical (unpaired) electrons. The molecule has 4 amide bonds. The molecule has 5 atom stereocenters. The Hall–Kier alpha value is -3.71. The number of halogens is 4. The highest BCUT2D eigenvalue weighted by molar-refractivity contribution is 5.98. The Morgan fingerprint density at radius 2 is 1.30 bits per heavy atom. The second-order valence-corrected chi connectivity index (χ2v) is 12.6. The van der Waals surface area contributed by atoms with Crippen molar-refractivity contribution >= 4 is 29.4 Å². The summed E-state index contributed by atoms with van der Waals surface area (Å²) < 4.78 is 71.1. The lowest BCUT2D eigenvalue weighted by Gasteiger charge is -2.28. The van der Waals surface area contributed by atoms with E-state index in [1.165, 1.54) is 0 Å². The van der Waals surface area contributed by atoms with Crippen LogP contribution in [0.4, 0.5) is 17.6 Å². The molecule has 0 bridgehead atoms.